The third kappa shape index (κ3) is 3.48. The second-order valence-electron chi connectivity index (χ2n) is 8.07. The molecule has 0 saturated heterocycles. The first-order valence-corrected chi connectivity index (χ1v) is 9.98. The number of rotatable bonds is 7. The monoisotopic (exact) mass is 406 g/mol. The van der Waals surface area contributed by atoms with Crippen molar-refractivity contribution in [3.8, 4) is 0 Å². The summed E-state index contributed by atoms with van der Waals surface area (Å²) in [5.41, 5.74) is 1.81. The summed E-state index contributed by atoms with van der Waals surface area (Å²) in [6.07, 6.45) is 1.52. The van der Waals surface area contributed by atoms with Gasteiger partial charge in [-0.3, -0.25) is 14.5 Å². The average Bonchev–Trinajstić information content (AvgIpc) is 2.71. The Hall–Kier alpha value is -3.10. The molecule has 2 amide bonds. The van der Waals surface area contributed by atoms with Crippen LogP contribution in [-0.2, 0) is 0 Å². The number of anilines is 1. The van der Waals surface area contributed by atoms with E-state index in [0.717, 1.165) is 22.8 Å². The van der Waals surface area contributed by atoms with Gasteiger partial charge in [0.05, 0.1) is 5.52 Å². The van der Waals surface area contributed by atoms with Gasteiger partial charge < -0.3 is 15.1 Å². The summed E-state index contributed by atoms with van der Waals surface area (Å²) in [6, 6.07) is 7.38. The predicted molar refractivity (Wildman–Crippen MR) is 118 cm³/mol. The number of nitrogens with one attached hydrogen (secondary N) is 1. The van der Waals surface area contributed by atoms with E-state index in [4.69, 9.17) is 0 Å². The Balaban J connectivity index is 1.87. The van der Waals surface area contributed by atoms with E-state index in [9.17, 15) is 9.59 Å². The van der Waals surface area contributed by atoms with Crippen LogP contribution in [0.2, 0.25) is 0 Å². The lowest BCUT2D eigenvalue weighted by molar-refractivity contribution is 0.0601. The lowest BCUT2D eigenvalue weighted by Gasteiger charge is -2.28. The zero-order valence-electron chi connectivity index (χ0n) is 17.8. The van der Waals surface area contributed by atoms with Crippen LogP contribution in [0.1, 0.15) is 20.7 Å². The zero-order chi connectivity index (χ0) is 21.4. The van der Waals surface area contributed by atoms with E-state index in [2.05, 4.69) is 20.2 Å². The standard InChI is InChI=1S/C22H26N6O2/c1-26(2)9-8-23-20-17-12-16-18-14(19(17)24-13-25-20)6-5-7-15(18)21(29)28(22(16)30)11-10-27(3)4/h5-7,12-13H,8-11H2,1-4H3,(H,23,24,25). The molecule has 0 unspecified atom stereocenters. The molecule has 1 N–H and O–H groups in total. The summed E-state index contributed by atoms with van der Waals surface area (Å²) in [7, 11) is 7.86. The van der Waals surface area contributed by atoms with E-state index in [1.54, 1.807) is 6.07 Å². The molecule has 2 aromatic carbocycles. The van der Waals surface area contributed by atoms with Gasteiger partial charge in [-0.25, -0.2) is 9.97 Å². The molecule has 1 aromatic heterocycles. The summed E-state index contributed by atoms with van der Waals surface area (Å²) >= 11 is 0. The second kappa shape index (κ2) is 7.97. The first-order chi connectivity index (χ1) is 14.4. The number of aromatic nitrogens is 2. The van der Waals surface area contributed by atoms with Crippen molar-refractivity contribution < 1.29 is 9.59 Å². The van der Waals surface area contributed by atoms with Crippen LogP contribution in [0.25, 0.3) is 21.7 Å². The summed E-state index contributed by atoms with van der Waals surface area (Å²) in [6.45, 7) is 2.52. The minimum absolute atomic E-state index is 0.252. The lowest BCUT2D eigenvalue weighted by Crippen LogP contribution is -2.43. The van der Waals surface area contributed by atoms with Crippen LogP contribution in [0.5, 0.6) is 0 Å². The van der Waals surface area contributed by atoms with E-state index in [1.165, 1.54) is 11.2 Å². The fraction of sp³-hybridized carbons (Fsp3) is 0.364. The maximum absolute atomic E-state index is 13.3. The van der Waals surface area contributed by atoms with Gasteiger partial charge in [-0.2, -0.15) is 0 Å². The van der Waals surface area contributed by atoms with E-state index >= 15 is 0 Å². The minimum atomic E-state index is -0.268. The Morgan fingerprint density at radius 3 is 2.40 bits per heavy atom. The number of fused-ring (bicyclic) bond motifs is 2. The van der Waals surface area contributed by atoms with Crippen LogP contribution in [0.15, 0.2) is 30.6 Å². The van der Waals surface area contributed by atoms with Crippen molar-refractivity contribution in [1.82, 2.24) is 24.7 Å². The van der Waals surface area contributed by atoms with Crippen molar-refractivity contribution in [1.29, 1.82) is 0 Å². The number of likely N-dealkylation sites (N-methyl/N-ethyl adjacent to an activating group) is 2. The molecule has 0 fully saturated rings. The van der Waals surface area contributed by atoms with Crippen LogP contribution in [0.3, 0.4) is 0 Å². The van der Waals surface area contributed by atoms with Crippen LogP contribution in [-0.4, -0.2) is 90.9 Å². The van der Waals surface area contributed by atoms with E-state index in [0.29, 0.717) is 42.0 Å². The molecule has 1 aliphatic heterocycles. The van der Waals surface area contributed by atoms with Gasteiger partial charge in [-0.1, -0.05) is 12.1 Å². The van der Waals surface area contributed by atoms with Crippen molar-refractivity contribution in [2.75, 3.05) is 59.7 Å². The number of carbonyl (C=O) groups is 2. The van der Waals surface area contributed by atoms with Crippen molar-refractivity contribution in [2.24, 2.45) is 0 Å². The molecule has 1 aliphatic rings. The second-order valence-corrected chi connectivity index (χ2v) is 8.07. The number of imide groups is 1. The van der Waals surface area contributed by atoms with Gasteiger partial charge >= 0.3 is 0 Å². The average molecular weight is 406 g/mol. The minimum Gasteiger partial charge on any atom is -0.368 e. The molecular weight excluding hydrogens is 380 g/mol. The quantitative estimate of drug-likeness (QED) is 0.474. The first-order valence-electron chi connectivity index (χ1n) is 9.98. The van der Waals surface area contributed by atoms with Gasteiger partial charge in [-0.05, 0) is 40.3 Å². The molecule has 0 spiro atoms. The van der Waals surface area contributed by atoms with E-state index in [1.807, 2.05) is 51.3 Å². The summed E-state index contributed by atoms with van der Waals surface area (Å²) in [5.74, 6) is 0.170. The van der Waals surface area contributed by atoms with Crippen molar-refractivity contribution in [3.05, 3.63) is 41.7 Å². The highest BCUT2D eigenvalue weighted by atomic mass is 16.2. The summed E-state index contributed by atoms with van der Waals surface area (Å²) < 4.78 is 0. The molecule has 4 rings (SSSR count). The van der Waals surface area contributed by atoms with E-state index < -0.39 is 0 Å². The van der Waals surface area contributed by atoms with Crippen LogP contribution in [0, 0.1) is 0 Å². The molecule has 0 saturated carbocycles. The highest BCUT2D eigenvalue weighted by Gasteiger charge is 2.33. The molecule has 8 heteroatoms. The molecule has 3 aromatic rings. The van der Waals surface area contributed by atoms with Gasteiger partial charge in [0.25, 0.3) is 11.8 Å². The van der Waals surface area contributed by atoms with Crippen molar-refractivity contribution in [3.63, 3.8) is 0 Å². The highest BCUT2D eigenvalue weighted by molar-refractivity contribution is 6.29. The van der Waals surface area contributed by atoms with Gasteiger partial charge in [-0.15, -0.1) is 0 Å². The highest BCUT2D eigenvalue weighted by Crippen LogP contribution is 2.36. The number of benzene rings is 2. The summed E-state index contributed by atoms with van der Waals surface area (Å²) in [4.78, 5) is 40.6. The van der Waals surface area contributed by atoms with Crippen LogP contribution in [0.4, 0.5) is 5.82 Å². The Bertz CT molecular complexity index is 1140. The fourth-order valence-electron chi connectivity index (χ4n) is 3.78. The van der Waals surface area contributed by atoms with Gasteiger partial charge in [0.2, 0.25) is 0 Å². The number of nitrogens with zero attached hydrogens (tertiary/aromatic N) is 5. The number of carbonyl (C=O) groups excluding carboxylic acids is 2. The molecule has 0 atom stereocenters. The topological polar surface area (TPSA) is 81.7 Å². The molecular formula is C22H26N6O2. The van der Waals surface area contributed by atoms with Gasteiger partial charge in [0.1, 0.15) is 12.1 Å². The molecule has 0 bridgehead atoms. The smallest absolute Gasteiger partial charge is 0.261 e. The molecule has 0 aliphatic carbocycles. The fourth-order valence-corrected chi connectivity index (χ4v) is 3.78. The number of hydrogen-bond donors (Lipinski definition) is 1. The van der Waals surface area contributed by atoms with Gasteiger partial charge in [0.15, 0.2) is 0 Å². The van der Waals surface area contributed by atoms with Crippen LogP contribution < -0.4 is 5.32 Å². The molecule has 30 heavy (non-hydrogen) atoms. The largest absolute Gasteiger partial charge is 0.368 e. The normalized spacial score (nSPS) is 13.9. The van der Waals surface area contributed by atoms with Gasteiger partial charge in [0, 0.05) is 53.5 Å². The molecule has 156 valence electrons. The summed E-state index contributed by atoms with van der Waals surface area (Å²) in [5, 5.41) is 5.61. The predicted octanol–water partition coefficient (Wildman–Crippen LogP) is 1.91. The first kappa shape index (κ1) is 20.2. The SMILES string of the molecule is CN(C)CCNc1ncnc2c1cc1c3c(cccc32)C(=O)N(CCN(C)C)C1=O. The van der Waals surface area contributed by atoms with Crippen LogP contribution >= 0.6 is 0 Å². The molecule has 8 nitrogen and oxygen atoms in total. The van der Waals surface area contributed by atoms with Crippen molar-refractivity contribution >= 4 is 39.3 Å². The van der Waals surface area contributed by atoms with E-state index in [-0.39, 0.29) is 11.8 Å². The Kier molecular flexibility index (Phi) is 5.36. The third-order valence-electron chi connectivity index (χ3n) is 5.33. The Morgan fingerprint density at radius 1 is 0.933 bits per heavy atom. The zero-order valence-corrected chi connectivity index (χ0v) is 17.8. The number of amides is 2. The third-order valence-corrected chi connectivity index (χ3v) is 5.33. The molecule has 2 heterocycles. The Labute approximate surface area is 175 Å². The lowest BCUT2D eigenvalue weighted by atomic mass is 9.92. The maximum Gasteiger partial charge on any atom is 0.261 e. The number of hydrogen-bond acceptors (Lipinski definition) is 7. The molecule has 0 radical (unpaired) electrons. The maximum atomic E-state index is 13.3. The van der Waals surface area contributed by atoms with Crippen molar-refractivity contribution in [2.45, 2.75) is 0 Å². The Morgan fingerprint density at radius 2 is 1.67 bits per heavy atom.